The molecule has 1 heterocycles. The van der Waals surface area contributed by atoms with E-state index in [-0.39, 0.29) is 6.04 Å². The van der Waals surface area contributed by atoms with Crippen molar-refractivity contribution in [2.45, 2.75) is 13.0 Å². The normalized spacial score (nSPS) is 15.9. The monoisotopic (exact) mass is 569 g/mol. The van der Waals surface area contributed by atoms with E-state index in [1.165, 1.54) is 64.2 Å². The molecule has 0 fully saturated rings. The van der Waals surface area contributed by atoms with Crippen LogP contribution in [0, 0.1) is 5.92 Å². The van der Waals surface area contributed by atoms with E-state index in [1.54, 1.807) is 0 Å². The molecule has 7 aromatic rings. The van der Waals surface area contributed by atoms with Crippen molar-refractivity contribution in [2.75, 3.05) is 4.90 Å². The van der Waals surface area contributed by atoms with Crippen molar-refractivity contribution in [2.24, 2.45) is 5.92 Å². The van der Waals surface area contributed by atoms with Gasteiger partial charge in [0.1, 0.15) is 0 Å². The van der Waals surface area contributed by atoms with Gasteiger partial charge in [-0.15, -0.1) is 11.3 Å². The molecule has 0 amide bonds. The van der Waals surface area contributed by atoms with Crippen molar-refractivity contribution >= 4 is 55.7 Å². The first-order valence-corrected chi connectivity index (χ1v) is 15.8. The summed E-state index contributed by atoms with van der Waals surface area (Å²) in [5.74, 6) is 0.338. The van der Waals surface area contributed by atoms with Gasteiger partial charge in [0.05, 0.1) is 6.04 Å². The molecule has 0 aliphatic heterocycles. The molecule has 0 saturated heterocycles. The molecule has 1 aliphatic rings. The third-order valence-corrected chi connectivity index (χ3v) is 9.90. The van der Waals surface area contributed by atoms with Crippen molar-refractivity contribution in [3.63, 3.8) is 0 Å². The lowest BCUT2D eigenvalue weighted by atomic mass is 9.92. The average Bonchev–Trinajstić information content (AvgIpc) is 3.43. The second-order valence-corrected chi connectivity index (χ2v) is 12.5. The van der Waals surface area contributed by atoms with E-state index in [1.807, 2.05) is 11.3 Å². The zero-order chi connectivity index (χ0) is 28.8. The summed E-state index contributed by atoms with van der Waals surface area (Å²) >= 11 is 1.91. The highest BCUT2D eigenvalue weighted by atomic mass is 32.1. The summed E-state index contributed by atoms with van der Waals surface area (Å²) in [6.07, 6.45) is 4.99. The molecule has 8 rings (SSSR count). The first-order valence-electron chi connectivity index (χ1n) is 15.0. The fraction of sp³-hybridized carbons (Fsp3) is 0.0732. The predicted octanol–water partition coefficient (Wildman–Crippen LogP) is 9.81. The molecule has 2 unspecified atom stereocenters. The van der Waals surface area contributed by atoms with E-state index in [2.05, 4.69) is 170 Å². The Morgan fingerprint density at radius 2 is 1.09 bits per heavy atom. The molecular weight excluding hydrogens is 539 g/mol. The van der Waals surface area contributed by atoms with E-state index in [4.69, 9.17) is 0 Å². The number of fused-ring (bicyclic) bond motifs is 4. The molecule has 0 saturated carbocycles. The van der Waals surface area contributed by atoms with Crippen molar-refractivity contribution in [3.8, 4) is 22.3 Å². The first-order chi connectivity index (χ1) is 21.2. The lowest BCUT2D eigenvalue weighted by Gasteiger charge is -2.36. The molecule has 206 valence electrons. The van der Waals surface area contributed by atoms with Crippen molar-refractivity contribution in [1.82, 2.24) is 0 Å². The van der Waals surface area contributed by atoms with Crippen LogP contribution in [0.25, 0.3) is 55.3 Å². The smallest absolute Gasteiger partial charge is 0.0592 e. The minimum Gasteiger partial charge on any atom is -0.333 e. The number of benzene rings is 6. The Kier molecular flexibility index (Phi) is 6.43. The summed E-state index contributed by atoms with van der Waals surface area (Å²) in [6, 6.07) is 53.0. The summed E-state index contributed by atoms with van der Waals surface area (Å²) in [4.78, 5) is 2.56. The number of hydrogen-bond acceptors (Lipinski definition) is 2. The van der Waals surface area contributed by atoms with E-state index in [0.29, 0.717) is 5.92 Å². The maximum absolute atomic E-state index is 2.56. The molecule has 43 heavy (non-hydrogen) atoms. The molecule has 0 N–H and O–H groups in total. The van der Waals surface area contributed by atoms with E-state index in [9.17, 15) is 0 Å². The Morgan fingerprint density at radius 1 is 0.512 bits per heavy atom. The highest BCUT2D eigenvalue weighted by molar-refractivity contribution is 7.17. The topological polar surface area (TPSA) is 3.24 Å². The van der Waals surface area contributed by atoms with E-state index >= 15 is 0 Å². The van der Waals surface area contributed by atoms with Crippen LogP contribution in [0.15, 0.2) is 146 Å². The summed E-state index contributed by atoms with van der Waals surface area (Å²) in [7, 11) is 0. The molecule has 0 spiro atoms. The van der Waals surface area contributed by atoms with E-state index in [0.717, 1.165) is 0 Å². The van der Waals surface area contributed by atoms with Gasteiger partial charge in [-0.2, -0.15) is 0 Å². The number of hydrogen-bond donors (Lipinski definition) is 0. The Hall–Kier alpha value is -4.92. The maximum atomic E-state index is 2.56. The Balaban J connectivity index is 1.24. The summed E-state index contributed by atoms with van der Waals surface area (Å²) < 4.78 is 2.74. The van der Waals surface area contributed by atoms with Crippen LogP contribution in [-0.2, 0) is 0 Å². The number of thiophene rings is 1. The Morgan fingerprint density at radius 3 is 1.84 bits per heavy atom. The number of nitrogens with zero attached hydrogens (tertiary/aromatic N) is 1. The molecule has 1 aliphatic carbocycles. The van der Waals surface area contributed by atoms with Gasteiger partial charge in [0.25, 0.3) is 0 Å². The quantitative estimate of drug-likeness (QED) is 0.199. The largest absolute Gasteiger partial charge is 0.333 e. The fourth-order valence-corrected chi connectivity index (χ4v) is 7.78. The molecule has 1 aromatic heterocycles. The average molecular weight is 570 g/mol. The Bertz CT molecular complexity index is 2190. The number of anilines is 2. The van der Waals surface area contributed by atoms with Crippen LogP contribution in [0.4, 0.5) is 11.4 Å². The van der Waals surface area contributed by atoms with Gasteiger partial charge in [0, 0.05) is 37.3 Å². The molecule has 0 bridgehead atoms. The van der Waals surface area contributed by atoms with Crippen LogP contribution in [0.2, 0.25) is 0 Å². The minimum atomic E-state index is 0.173. The van der Waals surface area contributed by atoms with Gasteiger partial charge in [0.15, 0.2) is 0 Å². The van der Waals surface area contributed by atoms with Gasteiger partial charge in [-0.05, 0) is 57.1 Å². The second-order valence-electron chi connectivity index (χ2n) is 11.4. The van der Waals surface area contributed by atoms with Crippen molar-refractivity contribution in [3.05, 3.63) is 155 Å². The van der Waals surface area contributed by atoms with Crippen LogP contribution in [0.1, 0.15) is 6.92 Å². The minimum absolute atomic E-state index is 0.173. The first kappa shape index (κ1) is 25.8. The highest BCUT2D eigenvalue weighted by Gasteiger charge is 2.27. The lowest BCUT2D eigenvalue weighted by molar-refractivity contribution is 0.664. The molecule has 6 aromatic carbocycles. The van der Waals surface area contributed by atoms with Crippen LogP contribution in [-0.4, -0.2) is 6.04 Å². The van der Waals surface area contributed by atoms with Crippen LogP contribution >= 0.6 is 11.3 Å². The summed E-state index contributed by atoms with van der Waals surface area (Å²) in [5.41, 5.74) is 7.36. The third-order valence-electron chi connectivity index (χ3n) is 8.75. The van der Waals surface area contributed by atoms with E-state index < -0.39 is 0 Å². The van der Waals surface area contributed by atoms with Gasteiger partial charge >= 0.3 is 0 Å². The van der Waals surface area contributed by atoms with Gasteiger partial charge in [-0.3, -0.25) is 0 Å². The maximum Gasteiger partial charge on any atom is 0.0592 e. The zero-order valence-corrected chi connectivity index (χ0v) is 24.8. The SMILES string of the molecule is CC1C=c2sc3ccccc3c2=CC1N(c1ccc(-c2ccc(-c3ccccc3)cc2)cc1)c1cccc2ccccc12. The zero-order valence-electron chi connectivity index (χ0n) is 24.0. The van der Waals surface area contributed by atoms with Gasteiger partial charge in [-0.25, -0.2) is 0 Å². The van der Waals surface area contributed by atoms with Crippen molar-refractivity contribution in [1.29, 1.82) is 0 Å². The summed E-state index contributed by atoms with van der Waals surface area (Å²) in [6.45, 7) is 2.36. The van der Waals surface area contributed by atoms with Crippen molar-refractivity contribution < 1.29 is 0 Å². The molecular formula is C41H31NS. The third kappa shape index (κ3) is 4.65. The predicted molar refractivity (Wildman–Crippen MR) is 186 cm³/mol. The molecule has 0 radical (unpaired) electrons. The molecule has 1 nitrogen and oxygen atoms in total. The fourth-order valence-electron chi connectivity index (χ4n) is 6.54. The lowest BCUT2D eigenvalue weighted by Crippen LogP contribution is -2.41. The van der Waals surface area contributed by atoms with Crippen LogP contribution < -0.4 is 14.7 Å². The van der Waals surface area contributed by atoms with Gasteiger partial charge < -0.3 is 4.90 Å². The molecule has 2 atom stereocenters. The standard InChI is InChI=1S/C41H31NS/c1-28-26-41-37(36-15-7-8-17-40(36)43-41)27-39(28)42(38-16-9-13-33-12-5-6-14-35(33)38)34-24-22-32(23-25-34)31-20-18-30(19-21-31)29-10-3-2-4-11-29/h2-28,39H,1H3. The van der Waals surface area contributed by atoms with Crippen LogP contribution in [0.5, 0.6) is 0 Å². The van der Waals surface area contributed by atoms with Gasteiger partial charge in [-0.1, -0.05) is 140 Å². The Labute approximate surface area is 256 Å². The molecule has 2 heteroatoms. The number of rotatable bonds is 5. The summed E-state index contributed by atoms with van der Waals surface area (Å²) in [5, 5.41) is 5.24. The highest BCUT2D eigenvalue weighted by Crippen LogP contribution is 2.38. The van der Waals surface area contributed by atoms with Crippen LogP contribution in [0.3, 0.4) is 0 Å². The van der Waals surface area contributed by atoms with Gasteiger partial charge in [0.2, 0.25) is 0 Å². The second kappa shape index (κ2) is 10.7.